The molecule has 42 heavy (non-hydrogen) atoms. The van der Waals surface area contributed by atoms with Crippen molar-refractivity contribution in [1.29, 1.82) is 0 Å². The summed E-state index contributed by atoms with van der Waals surface area (Å²) in [5, 5.41) is 8.32. The number of carbonyl (C=O) groups is 2. The number of urea groups is 1. The molecule has 0 bridgehead atoms. The third-order valence-electron chi connectivity index (χ3n) is 6.71. The molecule has 5 aromatic rings. The Labute approximate surface area is 242 Å². The zero-order valence-electron chi connectivity index (χ0n) is 22.9. The second-order valence-electron chi connectivity index (χ2n) is 9.71. The van der Waals surface area contributed by atoms with Crippen molar-refractivity contribution in [3.63, 3.8) is 0 Å². The molecule has 0 spiro atoms. The van der Waals surface area contributed by atoms with Crippen molar-refractivity contribution in [2.45, 2.75) is 6.92 Å². The molecule has 0 saturated carbocycles. The highest BCUT2D eigenvalue weighted by atomic mass is 16.5. The van der Waals surface area contributed by atoms with Gasteiger partial charge in [0.15, 0.2) is 11.6 Å². The zero-order valence-corrected chi connectivity index (χ0v) is 22.9. The van der Waals surface area contributed by atoms with Crippen LogP contribution in [0, 0.1) is 0 Å². The van der Waals surface area contributed by atoms with E-state index in [1.165, 1.54) is 6.92 Å². The summed E-state index contributed by atoms with van der Waals surface area (Å²) >= 11 is 0. The predicted molar refractivity (Wildman–Crippen MR) is 162 cm³/mol. The number of morpholine rings is 1. The molecule has 1 saturated heterocycles. The maximum atomic E-state index is 12.6. The molecule has 0 unspecified atom stereocenters. The molecular formula is C31H28N8O3. The van der Waals surface area contributed by atoms with Crippen LogP contribution in [0.3, 0.4) is 0 Å². The van der Waals surface area contributed by atoms with E-state index >= 15 is 0 Å². The van der Waals surface area contributed by atoms with Gasteiger partial charge in [-0.25, -0.2) is 14.8 Å². The third-order valence-corrected chi connectivity index (χ3v) is 6.71. The number of hydrogen-bond donors (Lipinski definition) is 3. The average Bonchev–Trinajstić information content (AvgIpc) is 3.02. The second-order valence-corrected chi connectivity index (χ2v) is 9.71. The Morgan fingerprint density at radius 2 is 1.38 bits per heavy atom. The van der Waals surface area contributed by atoms with Crippen molar-refractivity contribution in [3.8, 4) is 22.5 Å². The molecule has 1 aliphatic heterocycles. The van der Waals surface area contributed by atoms with Gasteiger partial charge in [-0.15, -0.1) is 0 Å². The Balaban J connectivity index is 1.24. The number of fused-ring (bicyclic) bond motifs is 1. The monoisotopic (exact) mass is 560 g/mol. The quantitative estimate of drug-likeness (QED) is 0.258. The summed E-state index contributed by atoms with van der Waals surface area (Å²) in [6.07, 6.45) is 5.35. The first kappa shape index (κ1) is 26.8. The van der Waals surface area contributed by atoms with Gasteiger partial charge in [0, 0.05) is 66.8 Å². The van der Waals surface area contributed by atoms with E-state index in [0.29, 0.717) is 49.2 Å². The minimum atomic E-state index is -0.388. The molecule has 3 aromatic heterocycles. The molecule has 1 fully saturated rings. The first-order valence-electron chi connectivity index (χ1n) is 13.5. The van der Waals surface area contributed by atoms with Gasteiger partial charge in [-0.05, 0) is 72.3 Å². The van der Waals surface area contributed by atoms with Gasteiger partial charge in [0.2, 0.25) is 5.91 Å². The number of aromatic nitrogens is 4. The summed E-state index contributed by atoms with van der Waals surface area (Å²) in [5.74, 6) is 1.17. The predicted octanol–water partition coefficient (Wildman–Crippen LogP) is 5.19. The van der Waals surface area contributed by atoms with Gasteiger partial charge in [-0.2, -0.15) is 0 Å². The maximum absolute atomic E-state index is 12.6. The fourth-order valence-electron chi connectivity index (χ4n) is 4.67. The fourth-order valence-corrected chi connectivity index (χ4v) is 4.67. The van der Waals surface area contributed by atoms with Crippen LogP contribution in [0.4, 0.5) is 27.7 Å². The van der Waals surface area contributed by atoms with Crippen molar-refractivity contribution in [3.05, 3.63) is 85.3 Å². The Hall–Kier alpha value is -5.42. The minimum absolute atomic E-state index is 0.158. The normalized spacial score (nSPS) is 13.0. The molecule has 4 heterocycles. The summed E-state index contributed by atoms with van der Waals surface area (Å²) in [6.45, 7) is 4.12. The Kier molecular flexibility index (Phi) is 7.64. The molecule has 2 aromatic carbocycles. The average molecular weight is 561 g/mol. The van der Waals surface area contributed by atoms with Crippen molar-refractivity contribution >= 4 is 45.9 Å². The summed E-state index contributed by atoms with van der Waals surface area (Å²) in [6, 6.07) is 19.8. The molecule has 11 heteroatoms. The van der Waals surface area contributed by atoms with Crippen molar-refractivity contribution in [2.75, 3.05) is 47.2 Å². The van der Waals surface area contributed by atoms with E-state index < -0.39 is 0 Å². The van der Waals surface area contributed by atoms with E-state index in [-0.39, 0.29) is 11.9 Å². The van der Waals surface area contributed by atoms with Crippen LogP contribution >= 0.6 is 0 Å². The third kappa shape index (κ3) is 6.16. The van der Waals surface area contributed by atoms with Crippen molar-refractivity contribution < 1.29 is 14.3 Å². The smallest absolute Gasteiger partial charge is 0.323 e. The van der Waals surface area contributed by atoms with E-state index in [2.05, 4.69) is 25.8 Å². The number of rotatable bonds is 6. The Bertz CT molecular complexity index is 1720. The van der Waals surface area contributed by atoms with Gasteiger partial charge >= 0.3 is 6.03 Å². The molecule has 0 atom stereocenters. The van der Waals surface area contributed by atoms with Crippen LogP contribution in [0.25, 0.3) is 33.5 Å². The SMILES string of the molecule is CC(=O)Nc1ccc(NC(=O)Nc2ccc(-c3nc(N4CCOCC4)c4ncc(-c5ccncc5)cc4n3)cc2)cc1. The van der Waals surface area contributed by atoms with E-state index in [1.54, 1.807) is 36.7 Å². The van der Waals surface area contributed by atoms with Crippen LogP contribution in [-0.2, 0) is 9.53 Å². The molecular weight excluding hydrogens is 532 g/mol. The van der Waals surface area contributed by atoms with Gasteiger partial charge in [0.05, 0.1) is 18.7 Å². The maximum Gasteiger partial charge on any atom is 0.323 e. The van der Waals surface area contributed by atoms with Crippen LogP contribution in [-0.4, -0.2) is 58.2 Å². The van der Waals surface area contributed by atoms with Gasteiger partial charge < -0.3 is 25.6 Å². The number of benzene rings is 2. The molecule has 1 aliphatic rings. The van der Waals surface area contributed by atoms with Crippen LogP contribution in [0.15, 0.2) is 85.3 Å². The first-order valence-corrected chi connectivity index (χ1v) is 13.5. The number of anilines is 4. The zero-order chi connectivity index (χ0) is 28.9. The molecule has 0 radical (unpaired) electrons. The number of nitrogens with one attached hydrogen (secondary N) is 3. The fraction of sp³-hybridized carbons (Fsp3) is 0.161. The van der Waals surface area contributed by atoms with E-state index in [0.717, 1.165) is 33.5 Å². The summed E-state index contributed by atoms with van der Waals surface area (Å²) in [5.41, 5.74) is 6.09. The van der Waals surface area contributed by atoms with Gasteiger partial charge in [0.1, 0.15) is 5.52 Å². The van der Waals surface area contributed by atoms with Gasteiger partial charge in [-0.1, -0.05) is 0 Å². The topological polar surface area (TPSA) is 134 Å². The van der Waals surface area contributed by atoms with Crippen LogP contribution in [0.5, 0.6) is 0 Å². The highest BCUT2D eigenvalue weighted by molar-refractivity contribution is 6.00. The highest BCUT2D eigenvalue weighted by Gasteiger charge is 2.19. The number of ether oxygens (including phenoxy) is 1. The number of amides is 3. The lowest BCUT2D eigenvalue weighted by atomic mass is 10.1. The highest BCUT2D eigenvalue weighted by Crippen LogP contribution is 2.30. The molecule has 3 N–H and O–H groups in total. The van der Waals surface area contributed by atoms with Crippen molar-refractivity contribution in [1.82, 2.24) is 19.9 Å². The van der Waals surface area contributed by atoms with Gasteiger partial charge in [0.25, 0.3) is 0 Å². The number of hydrogen-bond acceptors (Lipinski definition) is 8. The summed E-state index contributed by atoms with van der Waals surface area (Å²) in [7, 11) is 0. The van der Waals surface area contributed by atoms with Crippen molar-refractivity contribution in [2.24, 2.45) is 0 Å². The Morgan fingerprint density at radius 3 is 2.02 bits per heavy atom. The van der Waals surface area contributed by atoms with Crippen LogP contribution < -0.4 is 20.9 Å². The summed E-state index contributed by atoms with van der Waals surface area (Å²) < 4.78 is 5.56. The molecule has 3 amide bonds. The lowest BCUT2D eigenvalue weighted by Crippen LogP contribution is -2.37. The molecule has 0 aliphatic carbocycles. The minimum Gasteiger partial charge on any atom is -0.378 e. The van der Waals surface area contributed by atoms with E-state index in [9.17, 15) is 9.59 Å². The van der Waals surface area contributed by atoms with Crippen LogP contribution in [0.1, 0.15) is 6.92 Å². The molecule has 6 rings (SSSR count). The number of nitrogens with zero attached hydrogens (tertiary/aromatic N) is 5. The number of pyridine rings is 2. The van der Waals surface area contributed by atoms with E-state index in [4.69, 9.17) is 19.7 Å². The standard InChI is InChI=1S/C31H28N8O3/c1-20(40)34-24-6-8-26(9-7-24)36-31(41)35-25-4-2-22(3-5-25)29-37-27-18-23(21-10-12-32-13-11-21)19-33-28(27)30(38-29)39-14-16-42-17-15-39/h2-13,18-19H,14-17H2,1H3,(H,34,40)(H2,35,36,41). The van der Waals surface area contributed by atoms with Crippen LogP contribution in [0.2, 0.25) is 0 Å². The lowest BCUT2D eigenvalue weighted by Gasteiger charge is -2.28. The molecule has 210 valence electrons. The van der Waals surface area contributed by atoms with Gasteiger partial charge in [-0.3, -0.25) is 14.8 Å². The van der Waals surface area contributed by atoms with E-state index in [1.807, 2.05) is 48.7 Å². The summed E-state index contributed by atoms with van der Waals surface area (Å²) in [4.78, 5) is 44.6. The molecule has 11 nitrogen and oxygen atoms in total. The largest absolute Gasteiger partial charge is 0.378 e. The lowest BCUT2D eigenvalue weighted by molar-refractivity contribution is -0.114. The first-order chi connectivity index (χ1) is 20.5. The Morgan fingerprint density at radius 1 is 0.762 bits per heavy atom. The second kappa shape index (κ2) is 12.0. The number of carbonyl (C=O) groups excluding carboxylic acids is 2.